The molecule has 1 aromatic carbocycles. The molecule has 0 spiro atoms. The maximum atomic E-state index is 5.34. The number of anilines is 1. The van der Waals surface area contributed by atoms with E-state index in [-0.39, 0.29) is 0 Å². The molecular formula is C15H20N4O2. The van der Waals surface area contributed by atoms with Gasteiger partial charge in [0.25, 0.3) is 0 Å². The number of rotatable bonds is 4. The van der Waals surface area contributed by atoms with Crippen LogP contribution in [0.1, 0.15) is 0 Å². The molecule has 0 saturated carbocycles. The summed E-state index contributed by atoms with van der Waals surface area (Å²) in [6, 6.07) is 7.93. The molecule has 0 atom stereocenters. The molecule has 0 unspecified atom stereocenters. The summed E-state index contributed by atoms with van der Waals surface area (Å²) in [5.41, 5.74) is 2.01. The summed E-state index contributed by atoms with van der Waals surface area (Å²) in [7, 11) is 3.27. The zero-order chi connectivity index (χ0) is 14.7. The number of piperazine rings is 1. The molecule has 2 N–H and O–H groups in total. The van der Waals surface area contributed by atoms with Crippen LogP contribution in [0.15, 0.2) is 24.3 Å². The Labute approximate surface area is 124 Å². The summed E-state index contributed by atoms with van der Waals surface area (Å²) in [6.07, 6.45) is 0. The third-order valence-corrected chi connectivity index (χ3v) is 3.70. The standard InChI is InChI=1S/C15H20N4O2/c1-20-13-4-3-11(9-14(13)21-2)12-10-15(18-17-12)19-7-5-16-6-8-19/h3-4,9-10,16H,5-8H2,1-2H3,(H,17,18). The number of H-pyrrole nitrogens is 1. The zero-order valence-electron chi connectivity index (χ0n) is 12.3. The van der Waals surface area contributed by atoms with Crippen LogP contribution >= 0.6 is 0 Å². The van der Waals surface area contributed by atoms with E-state index in [2.05, 4.69) is 26.5 Å². The van der Waals surface area contributed by atoms with Crippen molar-refractivity contribution in [3.8, 4) is 22.8 Å². The zero-order valence-corrected chi connectivity index (χ0v) is 12.3. The SMILES string of the molecule is COc1ccc(-c2cc(N3CCNCC3)n[nH]2)cc1OC. The molecule has 1 aliphatic rings. The Morgan fingerprint density at radius 2 is 1.81 bits per heavy atom. The lowest BCUT2D eigenvalue weighted by Crippen LogP contribution is -2.43. The van der Waals surface area contributed by atoms with Crippen LogP contribution < -0.4 is 19.7 Å². The molecule has 1 saturated heterocycles. The summed E-state index contributed by atoms with van der Waals surface area (Å²) in [5.74, 6) is 2.43. The van der Waals surface area contributed by atoms with Gasteiger partial charge in [0, 0.05) is 37.8 Å². The second kappa shape index (κ2) is 6.05. The van der Waals surface area contributed by atoms with Crippen molar-refractivity contribution in [2.45, 2.75) is 0 Å². The van der Waals surface area contributed by atoms with Crippen molar-refractivity contribution in [1.82, 2.24) is 15.5 Å². The highest BCUT2D eigenvalue weighted by Crippen LogP contribution is 2.32. The first-order valence-corrected chi connectivity index (χ1v) is 7.05. The number of methoxy groups -OCH3 is 2. The van der Waals surface area contributed by atoms with Gasteiger partial charge in [-0.05, 0) is 18.2 Å². The normalized spacial score (nSPS) is 15.0. The minimum atomic E-state index is 0.716. The van der Waals surface area contributed by atoms with E-state index in [0.29, 0.717) is 5.75 Å². The van der Waals surface area contributed by atoms with E-state index in [0.717, 1.165) is 49.0 Å². The van der Waals surface area contributed by atoms with Gasteiger partial charge >= 0.3 is 0 Å². The van der Waals surface area contributed by atoms with Gasteiger partial charge in [-0.3, -0.25) is 5.10 Å². The Bertz CT molecular complexity index is 605. The van der Waals surface area contributed by atoms with Crippen LogP contribution in [0.4, 0.5) is 5.82 Å². The Morgan fingerprint density at radius 1 is 1.05 bits per heavy atom. The third kappa shape index (κ3) is 2.80. The van der Waals surface area contributed by atoms with Gasteiger partial charge in [0.1, 0.15) is 0 Å². The molecule has 21 heavy (non-hydrogen) atoms. The number of hydrogen-bond acceptors (Lipinski definition) is 5. The van der Waals surface area contributed by atoms with E-state index in [1.54, 1.807) is 14.2 Å². The van der Waals surface area contributed by atoms with E-state index in [1.165, 1.54) is 0 Å². The minimum absolute atomic E-state index is 0.716. The molecule has 6 nitrogen and oxygen atoms in total. The lowest BCUT2D eigenvalue weighted by Gasteiger charge is -2.26. The fraction of sp³-hybridized carbons (Fsp3) is 0.400. The van der Waals surface area contributed by atoms with Gasteiger partial charge in [0.2, 0.25) is 0 Å². The Morgan fingerprint density at radius 3 is 2.52 bits per heavy atom. The lowest BCUT2D eigenvalue weighted by molar-refractivity contribution is 0.355. The van der Waals surface area contributed by atoms with Crippen molar-refractivity contribution in [2.75, 3.05) is 45.3 Å². The molecular weight excluding hydrogens is 268 g/mol. The quantitative estimate of drug-likeness (QED) is 0.893. The molecule has 1 aromatic heterocycles. The predicted octanol–water partition coefficient (Wildman–Crippen LogP) is 1.50. The van der Waals surface area contributed by atoms with E-state index in [1.807, 2.05) is 18.2 Å². The smallest absolute Gasteiger partial charge is 0.161 e. The molecule has 112 valence electrons. The second-order valence-electron chi connectivity index (χ2n) is 4.95. The van der Waals surface area contributed by atoms with Crippen LogP contribution in [0.3, 0.4) is 0 Å². The van der Waals surface area contributed by atoms with Gasteiger partial charge in [-0.2, -0.15) is 5.10 Å². The number of aromatic nitrogens is 2. The van der Waals surface area contributed by atoms with Crippen molar-refractivity contribution in [3.05, 3.63) is 24.3 Å². The Hall–Kier alpha value is -2.21. The number of nitrogens with zero attached hydrogens (tertiary/aromatic N) is 2. The first-order chi connectivity index (χ1) is 10.3. The van der Waals surface area contributed by atoms with Crippen LogP contribution in [0.2, 0.25) is 0 Å². The number of hydrogen-bond donors (Lipinski definition) is 2. The molecule has 3 rings (SSSR count). The summed E-state index contributed by atoms with van der Waals surface area (Å²) in [4.78, 5) is 2.28. The predicted molar refractivity (Wildman–Crippen MR) is 82.2 cm³/mol. The number of nitrogens with one attached hydrogen (secondary N) is 2. The summed E-state index contributed by atoms with van der Waals surface area (Å²) in [6.45, 7) is 3.96. The molecule has 0 radical (unpaired) electrons. The fourth-order valence-electron chi connectivity index (χ4n) is 2.52. The summed E-state index contributed by atoms with van der Waals surface area (Å²) in [5, 5.41) is 10.9. The third-order valence-electron chi connectivity index (χ3n) is 3.70. The first-order valence-electron chi connectivity index (χ1n) is 7.05. The molecule has 0 amide bonds. The molecule has 1 fully saturated rings. The largest absolute Gasteiger partial charge is 0.493 e. The molecule has 6 heteroatoms. The van der Waals surface area contributed by atoms with Gasteiger partial charge in [-0.1, -0.05) is 0 Å². The van der Waals surface area contributed by atoms with Gasteiger partial charge < -0.3 is 19.7 Å². The van der Waals surface area contributed by atoms with Crippen LogP contribution in [0.25, 0.3) is 11.3 Å². The maximum Gasteiger partial charge on any atom is 0.161 e. The molecule has 2 aromatic rings. The Balaban J connectivity index is 1.85. The highest BCUT2D eigenvalue weighted by Gasteiger charge is 2.14. The monoisotopic (exact) mass is 288 g/mol. The highest BCUT2D eigenvalue weighted by atomic mass is 16.5. The molecule has 0 bridgehead atoms. The summed E-state index contributed by atoms with van der Waals surface area (Å²) < 4.78 is 10.6. The highest BCUT2D eigenvalue weighted by molar-refractivity contribution is 5.66. The minimum Gasteiger partial charge on any atom is -0.493 e. The van der Waals surface area contributed by atoms with Crippen LogP contribution in [-0.2, 0) is 0 Å². The topological polar surface area (TPSA) is 62.4 Å². The second-order valence-corrected chi connectivity index (χ2v) is 4.95. The lowest BCUT2D eigenvalue weighted by atomic mass is 10.1. The van der Waals surface area contributed by atoms with Crippen LogP contribution in [0.5, 0.6) is 11.5 Å². The van der Waals surface area contributed by atoms with Gasteiger partial charge in [-0.15, -0.1) is 0 Å². The van der Waals surface area contributed by atoms with Gasteiger partial charge in [0.15, 0.2) is 17.3 Å². The first kappa shape index (κ1) is 13.8. The van der Waals surface area contributed by atoms with Gasteiger partial charge in [-0.25, -0.2) is 0 Å². The average Bonchev–Trinajstić information content (AvgIpc) is 3.05. The molecule has 0 aliphatic carbocycles. The number of ether oxygens (including phenoxy) is 2. The molecule has 1 aliphatic heterocycles. The van der Waals surface area contributed by atoms with Crippen LogP contribution in [0, 0.1) is 0 Å². The van der Waals surface area contributed by atoms with E-state index < -0.39 is 0 Å². The van der Waals surface area contributed by atoms with Crippen molar-refractivity contribution in [1.29, 1.82) is 0 Å². The van der Waals surface area contributed by atoms with Crippen molar-refractivity contribution < 1.29 is 9.47 Å². The van der Waals surface area contributed by atoms with Crippen LogP contribution in [-0.4, -0.2) is 50.6 Å². The number of benzene rings is 1. The van der Waals surface area contributed by atoms with Crippen molar-refractivity contribution in [3.63, 3.8) is 0 Å². The molecule has 2 heterocycles. The maximum absolute atomic E-state index is 5.34. The van der Waals surface area contributed by atoms with Gasteiger partial charge in [0.05, 0.1) is 19.9 Å². The Kier molecular flexibility index (Phi) is 3.96. The van der Waals surface area contributed by atoms with E-state index >= 15 is 0 Å². The van der Waals surface area contributed by atoms with E-state index in [4.69, 9.17) is 9.47 Å². The summed E-state index contributed by atoms with van der Waals surface area (Å²) >= 11 is 0. The van der Waals surface area contributed by atoms with E-state index in [9.17, 15) is 0 Å². The fourth-order valence-corrected chi connectivity index (χ4v) is 2.52. The average molecular weight is 288 g/mol. The van der Waals surface area contributed by atoms with Crippen molar-refractivity contribution in [2.24, 2.45) is 0 Å². The van der Waals surface area contributed by atoms with Crippen molar-refractivity contribution >= 4 is 5.82 Å². The number of aromatic amines is 1.